The average Bonchev–Trinajstić information content (AvgIpc) is 3.45. The van der Waals surface area contributed by atoms with Crippen LogP contribution in [0.4, 0.5) is 0 Å². The van der Waals surface area contributed by atoms with Crippen LogP contribution in [0.1, 0.15) is 54.2 Å². The lowest BCUT2D eigenvalue weighted by molar-refractivity contribution is -0.00547. The summed E-state index contributed by atoms with van der Waals surface area (Å²) in [6, 6.07) is 1.92. The molecule has 0 aromatic carbocycles. The summed E-state index contributed by atoms with van der Waals surface area (Å²) in [5, 5.41) is 12.7. The zero-order valence-electron chi connectivity index (χ0n) is 18.3. The molecule has 0 unspecified atom stereocenters. The summed E-state index contributed by atoms with van der Waals surface area (Å²) in [7, 11) is 5.80. The molecule has 2 aromatic heterocycles. The Bertz CT molecular complexity index is 863. The lowest BCUT2D eigenvalue weighted by atomic mass is 9.77. The van der Waals surface area contributed by atoms with E-state index in [4.69, 9.17) is 9.26 Å². The molecule has 164 valence electrons. The molecule has 30 heavy (non-hydrogen) atoms. The smallest absolute Gasteiger partial charge is 0.276 e. The maximum absolute atomic E-state index is 13.0. The van der Waals surface area contributed by atoms with Gasteiger partial charge in [0.05, 0.1) is 24.0 Å². The van der Waals surface area contributed by atoms with Gasteiger partial charge in [0.25, 0.3) is 5.91 Å². The average molecular weight is 417 g/mol. The van der Waals surface area contributed by atoms with Crippen LogP contribution in [-0.2, 0) is 17.7 Å². The third-order valence-corrected chi connectivity index (χ3v) is 6.33. The zero-order chi connectivity index (χ0) is 21.3. The van der Waals surface area contributed by atoms with Crippen LogP contribution in [0.2, 0.25) is 0 Å². The van der Waals surface area contributed by atoms with E-state index < -0.39 is 0 Å². The highest BCUT2D eigenvalue weighted by Crippen LogP contribution is 2.42. The molecule has 2 fully saturated rings. The zero-order valence-corrected chi connectivity index (χ0v) is 18.3. The van der Waals surface area contributed by atoms with Gasteiger partial charge in [-0.25, -0.2) is 4.68 Å². The first-order chi connectivity index (χ1) is 14.5. The minimum atomic E-state index is -0.0324. The number of likely N-dealkylation sites (tertiary alicyclic amines) is 1. The fourth-order valence-corrected chi connectivity index (χ4v) is 4.90. The molecule has 1 saturated heterocycles. The quantitative estimate of drug-likeness (QED) is 0.682. The van der Waals surface area contributed by atoms with Crippen LogP contribution in [0, 0.1) is 11.8 Å². The van der Waals surface area contributed by atoms with Gasteiger partial charge in [-0.3, -0.25) is 4.79 Å². The number of amides is 1. The van der Waals surface area contributed by atoms with Gasteiger partial charge in [-0.15, -0.1) is 5.10 Å². The monoisotopic (exact) mass is 416 g/mol. The van der Waals surface area contributed by atoms with Gasteiger partial charge in [-0.2, -0.15) is 0 Å². The molecule has 9 heteroatoms. The highest BCUT2D eigenvalue weighted by atomic mass is 16.5. The maximum atomic E-state index is 13.0. The highest BCUT2D eigenvalue weighted by molar-refractivity contribution is 5.92. The van der Waals surface area contributed by atoms with Crippen molar-refractivity contribution in [1.82, 2.24) is 30.0 Å². The van der Waals surface area contributed by atoms with Crippen LogP contribution in [0.25, 0.3) is 0 Å². The van der Waals surface area contributed by atoms with Crippen molar-refractivity contribution < 1.29 is 14.1 Å². The van der Waals surface area contributed by atoms with E-state index >= 15 is 0 Å². The molecule has 4 atom stereocenters. The van der Waals surface area contributed by atoms with E-state index in [0.717, 1.165) is 56.8 Å². The lowest BCUT2D eigenvalue weighted by Gasteiger charge is -2.36. The van der Waals surface area contributed by atoms with E-state index in [1.807, 2.05) is 29.9 Å². The Balaban J connectivity index is 1.44. The summed E-state index contributed by atoms with van der Waals surface area (Å²) in [5.41, 5.74) is 1.37. The van der Waals surface area contributed by atoms with E-state index in [1.165, 1.54) is 0 Å². The van der Waals surface area contributed by atoms with Gasteiger partial charge in [-0.05, 0) is 45.2 Å². The van der Waals surface area contributed by atoms with Gasteiger partial charge in [0, 0.05) is 39.2 Å². The number of aromatic nitrogens is 4. The molecule has 1 saturated carbocycles. The minimum Gasteiger partial charge on any atom is -0.379 e. The molecule has 0 bridgehead atoms. The molecule has 2 aromatic rings. The van der Waals surface area contributed by atoms with E-state index in [1.54, 1.807) is 13.2 Å². The van der Waals surface area contributed by atoms with Gasteiger partial charge in [0.15, 0.2) is 5.69 Å². The van der Waals surface area contributed by atoms with Gasteiger partial charge in [0.1, 0.15) is 5.76 Å². The molecule has 0 radical (unpaired) electrons. The van der Waals surface area contributed by atoms with E-state index in [9.17, 15) is 4.79 Å². The predicted molar refractivity (Wildman–Crippen MR) is 110 cm³/mol. The van der Waals surface area contributed by atoms with Gasteiger partial charge in [0.2, 0.25) is 0 Å². The molecule has 1 amide bonds. The Hall–Kier alpha value is -2.26. The SMILES string of the molecule is CCCc1cc(C(=O)N2C[C@H]3C[C@@H](n4cc(CN(C)C)nn4)[C@H](OC)C[C@H]3C2)no1. The van der Waals surface area contributed by atoms with Gasteiger partial charge < -0.3 is 19.1 Å². The molecule has 1 aliphatic heterocycles. The third kappa shape index (κ3) is 4.27. The van der Waals surface area contributed by atoms with Gasteiger partial charge >= 0.3 is 0 Å². The Morgan fingerprint density at radius 1 is 1.30 bits per heavy atom. The molecule has 0 spiro atoms. The number of methoxy groups -OCH3 is 1. The number of carbonyl (C=O) groups excluding carboxylic acids is 1. The predicted octanol–water partition coefficient (Wildman–Crippen LogP) is 2.02. The summed E-state index contributed by atoms with van der Waals surface area (Å²) in [5.74, 6) is 1.60. The van der Waals surface area contributed by atoms with Crippen LogP contribution < -0.4 is 0 Å². The van der Waals surface area contributed by atoms with Crippen LogP contribution in [0.3, 0.4) is 0 Å². The van der Waals surface area contributed by atoms with Crippen molar-refractivity contribution in [3.63, 3.8) is 0 Å². The lowest BCUT2D eigenvalue weighted by Crippen LogP contribution is -2.37. The second kappa shape index (κ2) is 8.85. The first-order valence-electron chi connectivity index (χ1n) is 10.8. The maximum Gasteiger partial charge on any atom is 0.276 e. The third-order valence-electron chi connectivity index (χ3n) is 6.33. The second-order valence-corrected chi connectivity index (χ2v) is 8.90. The standard InChI is InChI=1S/C21H32N6O3/c1-5-6-17-9-18(23-30-17)21(28)26-10-14-7-19(20(29-4)8-15(14)11-26)27-13-16(22-24-27)12-25(2)3/h9,13-15,19-20H,5-8,10-12H2,1-4H3/t14-,15+,19-,20-/m1/s1. The topological polar surface area (TPSA) is 89.5 Å². The first-order valence-corrected chi connectivity index (χ1v) is 10.8. The van der Waals surface area contributed by atoms with E-state index in [-0.39, 0.29) is 18.1 Å². The normalized spacial score (nSPS) is 26.4. The molecule has 3 heterocycles. The van der Waals surface area contributed by atoms with Gasteiger partial charge in [-0.1, -0.05) is 17.3 Å². The fraction of sp³-hybridized carbons (Fsp3) is 0.714. The van der Waals surface area contributed by atoms with Crippen molar-refractivity contribution in [2.75, 3.05) is 34.3 Å². The Morgan fingerprint density at radius 3 is 2.77 bits per heavy atom. The number of fused-ring (bicyclic) bond motifs is 1. The highest BCUT2D eigenvalue weighted by Gasteiger charge is 2.45. The molecule has 1 aliphatic carbocycles. The van der Waals surface area contributed by atoms with Crippen molar-refractivity contribution >= 4 is 5.91 Å². The molecule has 0 N–H and O–H groups in total. The molecule has 9 nitrogen and oxygen atoms in total. The summed E-state index contributed by atoms with van der Waals surface area (Å²) >= 11 is 0. The number of hydrogen-bond acceptors (Lipinski definition) is 7. The van der Waals surface area contributed by atoms with Crippen LogP contribution in [0.5, 0.6) is 0 Å². The van der Waals surface area contributed by atoms with Crippen LogP contribution in [-0.4, -0.2) is 76.3 Å². The number of hydrogen-bond donors (Lipinski definition) is 0. The second-order valence-electron chi connectivity index (χ2n) is 8.90. The van der Waals surface area contributed by atoms with Crippen molar-refractivity contribution in [3.05, 3.63) is 29.4 Å². The number of rotatable bonds is 7. The Kier molecular flexibility index (Phi) is 6.19. The molecular formula is C21H32N6O3. The van der Waals surface area contributed by atoms with E-state index in [2.05, 4.69) is 27.3 Å². The minimum absolute atomic E-state index is 0.0324. The summed E-state index contributed by atoms with van der Waals surface area (Å²) in [6.07, 6.45) is 5.71. The summed E-state index contributed by atoms with van der Waals surface area (Å²) < 4.78 is 13.1. The number of carbonyl (C=O) groups is 1. The van der Waals surface area contributed by atoms with E-state index in [0.29, 0.717) is 17.5 Å². The van der Waals surface area contributed by atoms with Crippen molar-refractivity contribution in [1.29, 1.82) is 0 Å². The molecular weight excluding hydrogens is 384 g/mol. The van der Waals surface area contributed by atoms with Crippen LogP contribution >= 0.6 is 0 Å². The number of ether oxygens (including phenoxy) is 1. The number of aryl methyl sites for hydroxylation is 1. The largest absolute Gasteiger partial charge is 0.379 e. The Morgan fingerprint density at radius 2 is 2.07 bits per heavy atom. The van der Waals surface area contributed by atoms with Crippen LogP contribution in [0.15, 0.2) is 16.8 Å². The molecule has 2 aliphatic rings. The number of nitrogens with zero attached hydrogens (tertiary/aromatic N) is 6. The fourth-order valence-electron chi connectivity index (χ4n) is 4.90. The summed E-state index contributed by atoms with van der Waals surface area (Å²) in [4.78, 5) is 17.0. The van der Waals surface area contributed by atoms with Crippen molar-refractivity contribution in [2.24, 2.45) is 11.8 Å². The van der Waals surface area contributed by atoms with Crippen molar-refractivity contribution in [2.45, 2.75) is 51.3 Å². The molecule has 4 rings (SSSR count). The summed E-state index contributed by atoms with van der Waals surface area (Å²) in [6.45, 7) is 4.33. The first kappa shape index (κ1) is 21.0. The Labute approximate surface area is 177 Å². The van der Waals surface area contributed by atoms with Crippen molar-refractivity contribution in [3.8, 4) is 0 Å².